The van der Waals surface area contributed by atoms with Gasteiger partial charge in [-0.2, -0.15) is 0 Å². The lowest BCUT2D eigenvalue weighted by molar-refractivity contribution is 1.02. The minimum Gasteiger partial charge on any atom is -0.0622 e. The van der Waals surface area contributed by atoms with Crippen LogP contribution in [0, 0.1) is 0 Å². The van der Waals surface area contributed by atoms with Crippen molar-refractivity contribution in [2.75, 3.05) is 0 Å². The predicted molar refractivity (Wildman–Crippen MR) is 621 cm³/mol. The lowest BCUT2D eigenvalue weighted by Crippen LogP contribution is -1.98. The Balaban J connectivity index is 0.000000113. The van der Waals surface area contributed by atoms with Gasteiger partial charge in [-0.15, -0.1) is 0 Å². The normalized spacial score (nSPS) is 12.1. The summed E-state index contributed by atoms with van der Waals surface area (Å²) in [6, 6.07) is 216. The molecule has 0 spiro atoms. The molecule has 0 unspecified atom stereocenters. The molecule has 0 saturated carbocycles. The average molecular weight is 1870 g/mol. The molecule has 25 aromatic carbocycles. The molecular formula is C147H100. The van der Waals surface area contributed by atoms with E-state index in [0.717, 1.165) is 0 Å². The molecule has 28 rings (SSSR count). The molecule has 147 heavy (non-hydrogen) atoms. The summed E-state index contributed by atoms with van der Waals surface area (Å²) in [6.45, 7) is 0. The van der Waals surface area contributed by atoms with E-state index >= 15 is 0 Å². The highest BCUT2D eigenvalue weighted by Crippen LogP contribution is 2.53. The molecule has 0 N–H and O–H groups in total. The standard InChI is InChI=1S/2C53H36.C41H28/c1-3-11-36(12-4-1)46-33-47(37-13-5-2-6-14-37)35-48(34-46)40-21-19-38(20-22-40)42-27-29-45-32-43(28-30-44(45)31-42)39-23-25-41(26-24-39)53-51-17-9-7-15-49(51)50-16-8-10-18-52(50)53;1-2-11-36(12-3-1)44-33-45(35-46(34-44)48-20-10-14-42-13-4-5-15-47(42)48)41-27-25-39(26-28-41)37-21-23-38(24-22-37)40-29-31-43(32-30-40)53-51-18-8-6-16-49(51)50-17-7-9-19-52(50)53;1-2-10-31(11-3-1)40-27-34(26-33-12-4-5-13-35(33)40)30-20-18-28(19-21-30)29-22-24-32(25-23-29)41-38-16-8-6-14-36(38)37-15-7-9-17-39(37)41/h2*1-35,53H;1-27,41H. The van der Waals surface area contributed by atoms with Crippen LogP contribution in [0.3, 0.4) is 0 Å². The third-order valence-electron chi connectivity index (χ3n) is 30.5. The second kappa shape index (κ2) is 38.9. The summed E-state index contributed by atoms with van der Waals surface area (Å²) in [6.07, 6.45) is 0. The number of hydrogen-bond acceptors (Lipinski definition) is 0. The van der Waals surface area contributed by atoms with Gasteiger partial charge in [-0.25, -0.2) is 0 Å². The highest BCUT2D eigenvalue weighted by Gasteiger charge is 2.33. The van der Waals surface area contributed by atoms with Crippen molar-refractivity contribution in [2.24, 2.45) is 0 Å². The fourth-order valence-corrected chi connectivity index (χ4v) is 23.1. The Morgan fingerprint density at radius 2 is 0.286 bits per heavy atom. The molecule has 25 aromatic rings. The predicted octanol–water partition coefficient (Wildman–Crippen LogP) is 39.7. The fraction of sp³-hybridized carbons (Fsp3) is 0.0204. The van der Waals surface area contributed by atoms with Crippen molar-refractivity contribution >= 4 is 32.3 Å². The van der Waals surface area contributed by atoms with Gasteiger partial charge in [0.2, 0.25) is 0 Å². The molecule has 0 atom stereocenters. The van der Waals surface area contributed by atoms with E-state index in [1.165, 1.54) is 260 Å². The van der Waals surface area contributed by atoms with E-state index in [9.17, 15) is 0 Å². The van der Waals surface area contributed by atoms with Crippen LogP contribution in [0.5, 0.6) is 0 Å². The third-order valence-corrected chi connectivity index (χ3v) is 30.5. The second-order valence-electron chi connectivity index (χ2n) is 39.1. The Labute approximate surface area is 860 Å². The lowest BCUT2D eigenvalue weighted by Gasteiger charge is -2.15. The van der Waals surface area contributed by atoms with E-state index in [1.54, 1.807) is 0 Å². The largest absolute Gasteiger partial charge is 0.0622 e. The zero-order valence-electron chi connectivity index (χ0n) is 81.2. The van der Waals surface area contributed by atoms with Crippen LogP contribution in [-0.4, -0.2) is 0 Å². The molecule has 0 aliphatic heterocycles. The van der Waals surface area contributed by atoms with Gasteiger partial charge in [0.15, 0.2) is 0 Å². The minimum absolute atomic E-state index is 0.270. The van der Waals surface area contributed by atoms with Crippen molar-refractivity contribution < 1.29 is 0 Å². The Morgan fingerprint density at radius 1 is 0.0884 bits per heavy atom. The summed E-state index contributed by atoms with van der Waals surface area (Å²) in [7, 11) is 0. The maximum atomic E-state index is 2.34. The summed E-state index contributed by atoms with van der Waals surface area (Å²) < 4.78 is 0. The van der Waals surface area contributed by atoms with E-state index in [0.29, 0.717) is 0 Å². The van der Waals surface area contributed by atoms with Gasteiger partial charge in [0.05, 0.1) is 0 Å². The SMILES string of the molecule is c1ccc(-c2cc(-c3ccc(-c4ccc(-c5ccc(C6c7ccccc7-c7ccccc76)cc5)cc4)cc3)cc(-c3cccc4ccccc34)c2)cc1.c1ccc(-c2cc(-c3ccc(-c4ccc(C5c6ccccc6-c6ccccc65)cc4)cc3)cc3ccccc23)cc1.c1ccc(-c2cc(-c3ccccc3)cc(-c3ccc(-c4ccc5cc(-c6ccc(C7c8ccccc8-c8ccccc87)cc6)ccc5c4)cc3)c2)cc1. The van der Waals surface area contributed by atoms with Crippen molar-refractivity contribution in [3.05, 3.63) is 639 Å². The van der Waals surface area contributed by atoms with Crippen LogP contribution in [-0.2, 0) is 0 Å². The van der Waals surface area contributed by atoms with E-state index in [-0.39, 0.29) is 17.8 Å². The first-order valence-corrected chi connectivity index (χ1v) is 51.2. The second-order valence-corrected chi connectivity index (χ2v) is 39.1. The van der Waals surface area contributed by atoms with Gasteiger partial charge in [0.1, 0.15) is 0 Å². The maximum absolute atomic E-state index is 2.34. The van der Waals surface area contributed by atoms with E-state index in [4.69, 9.17) is 0 Å². The zero-order chi connectivity index (χ0) is 97.5. The van der Waals surface area contributed by atoms with Crippen molar-refractivity contribution in [3.8, 4) is 178 Å². The molecule has 3 aliphatic rings. The van der Waals surface area contributed by atoms with Crippen molar-refractivity contribution in [2.45, 2.75) is 17.8 Å². The first kappa shape index (κ1) is 88.5. The summed E-state index contributed by atoms with van der Waals surface area (Å²) in [5.41, 5.74) is 52.4. The van der Waals surface area contributed by atoms with Crippen LogP contribution < -0.4 is 0 Å². The maximum Gasteiger partial charge on any atom is 0.0352 e. The Bertz CT molecular complexity index is 8980. The van der Waals surface area contributed by atoms with Gasteiger partial charge < -0.3 is 0 Å². The van der Waals surface area contributed by atoms with Crippen LogP contribution in [0.1, 0.15) is 67.8 Å². The van der Waals surface area contributed by atoms with Gasteiger partial charge in [0.25, 0.3) is 0 Å². The van der Waals surface area contributed by atoms with Crippen molar-refractivity contribution in [1.82, 2.24) is 0 Å². The van der Waals surface area contributed by atoms with Gasteiger partial charge in [-0.05, 0) is 321 Å². The van der Waals surface area contributed by atoms with Crippen LogP contribution >= 0.6 is 0 Å². The van der Waals surface area contributed by atoms with Crippen LogP contribution in [0.2, 0.25) is 0 Å². The van der Waals surface area contributed by atoms with E-state index < -0.39 is 0 Å². The first-order chi connectivity index (χ1) is 72.8. The molecule has 0 aromatic heterocycles. The molecule has 0 radical (unpaired) electrons. The molecule has 0 heterocycles. The summed E-state index contributed by atoms with van der Waals surface area (Å²) in [5.74, 6) is 0.824. The molecule has 0 bridgehead atoms. The number of hydrogen-bond donors (Lipinski definition) is 0. The summed E-state index contributed by atoms with van der Waals surface area (Å²) in [4.78, 5) is 0. The molecule has 0 heteroatoms. The zero-order valence-corrected chi connectivity index (χ0v) is 81.2. The number of fused-ring (bicyclic) bond motifs is 12. The molecule has 3 aliphatic carbocycles. The topological polar surface area (TPSA) is 0 Å². The summed E-state index contributed by atoms with van der Waals surface area (Å²) in [5, 5.41) is 7.56. The Morgan fingerprint density at radius 3 is 0.599 bits per heavy atom. The highest BCUT2D eigenvalue weighted by atomic mass is 14.4. The quantitative estimate of drug-likeness (QED) is 0.0904. The first-order valence-electron chi connectivity index (χ1n) is 51.2. The van der Waals surface area contributed by atoms with Gasteiger partial charge in [-0.1, -0.05) is 528 Å². The van der Waals surface area contributed by atoms with Crippen molar-refractivity contribution in [3.63, 3.8) is 0 Å². The summed E-state index contributed by atoms with van der Waals surface area (Å²) >= 11 is 0. The highest BCUT2D eigenvalue weighted by molar-refractivity contribution is 6.02. The molecular weight excluding hydrogens is 1770 g/mol. The van der Waals surface area contributed by atoms with Crippen LogP contribution in [0.25, 0.3) is 210 Å². The van der Waals surface area contributed by atoms with E-state index in [1.807, 2.05) is 0 Å². The molecule has 0 amide bonds. The van der Waals surface area contributed by atoms with Gasteiger partial charge in [-0.3, -0.25) is 0 Å². The molecule has 0 nitrogen and oxygen atoms in total. The smallest absolute Gasteiger partial charge is 0.0352 e. The number of rotatable bonds is 16. The molecule has 688 valence electrons. The molecule has 0 saturated heterocycles. The van der Waals surface area contributed by atoms with Crippen LogP contribution in [0.4, 0.5) is 0 Å². The minimum atomic E-state index is 0.270. The van der Waals surface area contributed by atoms with Crippen LogP contribution in [0.15, 0.2) is 588 Å². The average Bonchev–Trinajstić information content (AvgIpc) is 1.61. The van der Waals surface area contributed by atoms with Crippen molar-refractivity contribution in [1.29, 1.82) is 0 Å². The van der Waals surface area contributed by atoms with Gasteiger partial charge in [0, 0.05) is 17.8 Å². The monoisotopic (exact) mass is 1860 g/mol. The Hall–Kier alpha value is -18.7. The molecule has 0 fully saturated rings. The lowest BCUT2D eigenvalue weighted by atomic mass is 9.88. The Kier molecular flexibility index (Phi) is 23.4. The number of benzene rings is 25. The van der Waals surface area contributed by atoms with E-state index in [2.05, 4.69) is 588 Å². The fourth-order valence-electron chi connectivity index (χ4n) is 23.1. The van der Waals surface area contributed by atoms with Gasteiger partial charge >= 0.3 is 0 Å². The third kappa shape index (κ3) is 17.4.